The second-order valence-corrected chi connectivity index (χ2v) is 3.98. The van der Waals surface area contributed by atoms with Gasteiger partial charge in [-0.3, -0.25) is 4.79 Å². The summed E-state index contributed by atoms with van der Waals surface area (Å²) in [4.78, 5) is 11.8. The molecular weight excluding hydrogens is 261 g/mol. The molecule has 1 rings (SSSR count). The van der Waals surface area contributed by atoms with Crippen LogP contribution in [0.25, 0.3) is 0 Å². The molecule has 0 saturated carbocycles. The first-order chi connectivity index (χ1) is 8.51. The van der Waals surface area contributed by atoms with Crippen molar-refractivity contribution in [3.8, 4) is 0 Å². The lowest BCUT2D eigenvalue weighted by Gasteiger charge is -2.14. The fraction of sp³-hybridized carbons (Fsp3) is 0.273. The van der Waals surface area contributed by atoms with Crippen molar-refractivity contribution in [3.05, 3.63) is 29.0 Å². The van der Waals surface area contributed by atoms with Crippen molar-refractivity contribution >= 4 is 29.0 Å². The molecule has 0 saturated heterocycles. The van der Waals surface area contributed by atoms with E-state index in [0.717, 1.165) is 0 Å². The van der Waals surface area contributed by atoms with Crippen LogP contribution in [0.1, 0.15) is 13.3 Å². The van der Waals surface area contributed by atoms with E-state index in [1.807, 2.05) is 0 Å². The predicted octanol–water partition coefficient (Wildman–Crippen LogP) is 2.19. The first-order valence-corrected chi connectivity index (χ1v) is 5.61. The van der Waals surface area contributed by atoms with Crippen LogP contribution in [0.5, 0.6) is 0 Å². The fourth-order valence-electron chi connectivity index (χ4n) is 1.43. The molecule has 0 aromatic heterocycles. The number of amidine groups is 1. The minimum atomic E-state index is -0.842. The van der Waals surface area contributed by atoms with E-state index >= 15 is 0 Å². The van der Waals surface area contributed by atoms with Gasteiger partial charge in [0.15, 0.2) is 5.84 Å². The van der Waals surface area contributed by atoms with E-state index in [1.165, 1.54) is 18.2 Å². The van der Waals surface area contributed by atoms with Gasteiger partial charge >= 0.3 is 0 Å². The van der Waals surface area contributed by atoms with Gasteiger partial charge in [0, 0.05) is 0 Å². The third-order valence-corrected chi connectivity index (χ3v) is 2.72. The van der Waals surface area contributed by atoms with E-state index < -0.39 is 17.6 Å². The average Bonchev–Trinajstić information content (AvgIpc) is 2.34. The number of anilines is 1. The number of hydrogen-bond donors (Lipinski definition) is 3. The Bertz CT molecular complexity index is 459. The zero-order valence-electron chi connectivity index (χ0n) is 9.65. The van der Waals surface area contributed by atoms with Crippen LogP contribution in [0, 0.1) is 11.7 Å². The highest BCUT2D eigenvalue weighted by molar-refractivity contribution is 6.33. The maximum atomic E-state index is 13.5. The van der Waals surface area contributed by atoms with E-state index in [4.69, 9.17) is 22.5 Å². The third-order valence-electron chi connectivity index (χ3n) is 2.41. The molecule has 1 atom stereocenters. The summed E-state index contributed by atoms with van der Waals surface area (Å²) in [7, 11) is 0. The molecule has 0 fully saturated rings. The highest BCUT2D eigenvalue weighted by Gasteiger charge is 2.22. The van der Waals surface area contributed by atoms with Crippen LogP contribution < -0.4 is 11.1 Å². The molecule has 1 aromatic rings. The topological polar surface area (TPSA) is 87.7 Å². The number of benzene rings is 1. The van der Waals surface area contributed by atoms with Crippen LogP contribution in [0.15, 0.2) is 23.4 Å². The fourth-order valence-corrected chi connectivity index (χ4v) is 1.64. The molecule has 1 aromatic carbocycles. The van der Waals surface area contributed by atoms with Crippen molar-refractivity contribution in [2.24, 2.45) is 16.8 Å². The molecule has 18 heavy (non-hydrogen) atoms. The molecule has 1 amide bonds. The lowest BCUT2D eigenvalue weighted by molar-refractivity contribution is -0.118. The molecular formula is C11H13ClFN3O2. The number of nitrogens with one attached hydrogen (secondary N) is 1. The minimum Gasteiger partial charge on any atom is -0.409 e. The molecule has 0 radical (unpaired) electrons. The van der Waals surface area contributed by atoms with Crippen molar-refractivity contribution in [3.63, 3.8) is 0 Å². The van der Waals surface area contributed by atoms with Crippen molar-refractivity contribution in [1.82, 2.24) is 0 Å². The summed E-state index contributed by atoms with van der Waals surface area (Å²) in [6, 6.07) is 4.05. The third kappa shape index (κ3) is 3.10. The summed E-state index contributed by atoms with van der Waals surface area (Å²) in [6.07, 6.45) is 0.313. The summed E-state index contributed by atoms with van der Waals surface area (Å²) in [5.41, 5.74) is 5.25. The van der Waals surface area contributed by atoms with Crippen LogP contribution >= 0.6 is 11.6 Å². The van der Waals surface area contributed by atoms with Crippen molar-refractivity contribution in [1.29, 1.82) is 0 Å². The van der Waals surface area contributed by atoms with Gasteiger partial charge in [-0.1, -0.05) is 29.7 Å². The SMILES string of the molecule is CCC(C(=O)Nc1c(F)cccc1Cl)/C(N)=N/O. The quantitative estimate of drug-likeness (QED) is 0.340. The van der Waals surface area contributed by atoms with Crippen molar-refractivity contribution in [2.75, 3.05) is 5.32 Å². The summed E-state index contributed by atoms with van der Waals surface area (Å²) in [5, 5.41) is 13.7. The molecule has 0 aliphatic heterocycles. The smallest absolute Gasteiger partial charge is 0.235 e. The first-order valence-electron chi connectivity index (χ1n) is 5.23. The van der Waals surface area contributed by atoms with E-state index in [9.17, 15) is 9.18 Å². The van der Waals surface area contributed by atoms with Gasteiger partial charge in [-0.15, -0.1) is 0 Å². The zero-order valence-corrected chi connectivity index (χ0v) is 10.4. The Labute approximate surface area is 108 Å². The number of amides is 1. The monoisotopic (exact) mass is 273 g/mol. The van der Waals surface area contributed by atoms with Crippen molar-refractivity contribution < 1.29 is 14.4 Å². The Morgan fingerprint density at radius 3 is 2.83 bits per heavy atom. The van der Waals surface area contributed by atoms with E-state index in [1.54, 1.807) is 6.92 Å². The van der Waals surface area contributed by atoms with Gasteiger partial charge in [0.05, 0.1) is 16.6 Å². The molecule has 5 nitrogen and oxygen atoms in total. The molecule has 0 aliphatic carbocycles. The van der Waals surface area contributed by atoms with Gasteiger partial charge < -0.3 is 16.3 Å². The van der Waals surface area contributed by atoms with E-state index in [0.29, 0.717) is 6.42 Å². The number of rotatable bonds is 4. The highest BCUT2D eigenvalue weighted by atomic mass is 35.5. The Kier molecular flexibility index (Phi) is 4.91. The largest absolute Gasteiger partial charge is 0.409 e. The number of halogens is 2. The first kappa shape index (κ1) is 14.2. The summed E-state index contributed by atoms with van der Waals surface area (Å²) >= 11 is 5.77. The maximum absolute atomic E-state index is 13.5. The highest BCUT2D eigenvalue weighted by Crippen LogP contribution is 2.25. The number of carbonyl (C=O) groups is 1. The summed E-state index contributed by atoms with van der Waals surface area (Å²) in [5.74, 6) is -2.31. The number of nitrogens with two attached hydrogens (primary N) is 1. The van der Waals surface area contributed by atoms with Crippen LogP contribution in [0.4, 0.5) is 10.1 Å². The average molecular weight is 274 g/mol. The molecule has 7 heteroatoms. The summed E-state index contributed by atoms with van der Waals surface area (Å²) < 4.78 is 13.5. The standard InChI is InChI=1S/C11H13ClFN3O2/c1-2-6(10(14)16-18)11(17)15-9-7(12)4-3-5-8(9)13/h3-6,18H,2H2,1H3,(H2,14,16)(H,15,17). The van der Waals surface area contributed by atoms with Gasteiger partial charge in [0.25, 0.3) is 0 Å². The number of nitrogens with zero attached hydrogens (tertiary/aromatic N) is 1. The molecule has 0 heterocycles. The molecule has 0 spiro atoms. The molecule has 98 valence electrons. The van der Waals surface area contributed by atoms with Gasteiger partial charge in [0.2, 0.25) is 5.91 Å². The number of carbonyl (C=O) groups excluding carboxylic acids is 1. The van der Waals surface area contributed by atoms with E-state index in [-0.39, 0.29) is 16.5 Å². The van der Waals surface area contributed by atoms with Gasteiger partial charge in [-0.05, 0) is 18.6 Å². The Morgan fingerprint density at radius 2 is 2.33 bits per heavy atom. The molecule has 4 N–H and O–H groups in total. The Hall–Kier alpha value is -1.82. The molecule has 1 unspecified atom stereocenters. The number of hydrogen-bond acceptors (Lipinski definition) is 3. The number of oxime groups is 1. The normalized spacial score (nSPS) is 13.2. The Morgan fingerprint density at radius 1 is 1.67 bits per heavy atom. The van der Waals surface area contributed by atoms with Crippen LogP contribution in [-0.4, -0.2) is 17.0 Å². The van der Waals surface area contributed by atoms with Crippen LogP contribution in [0.3, 0.4) is 0 Å². The minimum absolute atomic E-state index is 0.0812. The lowest BCUT2D eigenvalue weighted by Crippen LogP contribution is -2.34. The van der Waals surface area contributed by atoms with Crippen molar-refractivity contribution in [2.45, 2.75) is 13.3 Å². The molecule has 0 bridgehead atoms. The number of para-hydroxylation sites is 1. The van der Waals surface area contributed by atoms with Crippen LogP contribution in [-0.2, 0) is 4.79 Å². The maximum Gasteiger partial charge on any atom is 0.235 e. The second kappa shape index (κ2) is 6.20. The second-order valence-electron chi connectivity index (χ2n) is 3.57. The zero-order chi connectivity index (χ0) is 13.7. The lowest BCUT2D eigenvalue weighted by atomic mass is 10.0. The van der Waals surface area contributed by atoms with E-state index in [2.05, 4.69) is 10.5 Å². The predicted molar refractivity (Wildman–Crippen MR) is 67.2 cm³/mol. The van der Waals surface area contributed by atoms with Crippen LogP contribution in [0.2, 0.25) is 5.02 Å². The van der Waals surface area contributed by atoms with Gasteiger partial charge in [-0.25, -0.2) is 4.39 Å². The Balaban J connectivity index is 2.94. The van der Waals surface area contributed by atoms with Gasteiger partial charge in [0.1, 0.15) is 5.82 Å². The molecule has 0 aliphatic rings. The summed E-state index contributed by atoms with van der Waals surface area (Å²) in [6.45, 7) is 1.69. The van der Waals surface area contributed by atoms with Gasteiger partial charge in [-0.2, -0.15) is 0 Å².